The highest BCUT2D eigenvalue weighted by Crippen LogP contribution is 2.27. The average Bonchev–Trinajstić information content (AvgIpc) is 2.97. The van der Waals surface area contributed by atoms with E-state index in [2.05, 4.69) is 15.3 Å². The second-order valence-electron chi connectivity index (χ2n) is 4.93. The van der Waals surface area contributed by atoms with Crippen molar-refractivity contribution in [2.75, 3.05) is 6.54 Å². The van der Waals surface area contributed by atoms with Crippen molar-refractivity contribution in [3.05, 3.63) is 60.2 Å². The first-order chi connectivity index (χ1) is 10.8. The van der Waals surface area contributed by atoms with Gasteiger partial charge in [0.2, 0.25) is 0 Å². The number of nitrogens with two attached hydrogens (primary N) is 1. The summed E-state index contributed by atoms with van der Waals surface area (Å²) in [4.78, 5) is 0. The lowest BCUT2D eigenvalue weighted by Gasteiger charge is -2.10. The van der Waals surface area contributed by atoms with Crippen LogP contribution in [0.3, 0.4) is 0 Å². The molecule has 0 saturated carbocycles. The number of aromatic nitrogens is 4. The van der Waals surface area contributed by atoms with Gasteiger partial charge in [-0.1, -0.05) is 12.1 Å². The van der Waals surface area contributed by atoms with Gasteiger partial charge in [-0.05, 0) is 37.6 Å². The normalized spacial score (nSPS) is 10.6. The average molecular weight is 295 g/mol. The number of hydrogen-bond acceptors (Lipinski definition) is 5. The van der Waals surface area contributed by atoms with Crippen LogP contribution < -0.4 is 10.5 Å². The third-order valence-electron chi connectivity index (χ3n) is 3.16. The molecular formula is C16H17N5O. The minimum Gasteiger partial charge on any atom is -0.453 e. The standard InChI is InChI=1S/C16H17N5O/c1-12-8-14(10-18-20-12)22-16-5-3-2-4-15(16)21-11-13(6-7-17)9-19-21/h2-5,8-11H,6-7,17H2,1H3. The van der Waals surface area contributed by atoms with Crippen LogP contribution in [0.15, 0.2) is 48.9 Å². The zero-order valence-corrected chi connectivity index (χ0v) is 12.3. The van der Waals surface area contributed by atoms with E-state index in [1.807, 2.05) is 49.6 Å². The van der Waals surface area contributed by atoms with Gasteiger partial charge in [-0.2, -0.15) is 15.3 Å². The van der Waals surface area contributed by atoms with Crippen LogP contribution in [0.5, 0.6) is 11.5 Å². The number of benzene rings is 1. The third-order valence-corrected chi connectivity index (χ3v) is 3.16. The molecule has 0 spiro atoms. The molecular weight excluding hydrogens is 278 g/mol. The Bertz CT molecular complexity index is 768. The quantitative estimate of drug-likeness (QED) is 0.781. The van der Waals surface area contributed by atoms with Gasteiger partial charge in [0, 0.05) is 12.3 Å². The lowest BCUT2D eigenvalue weighted by Crippen LogP contribution is -2.02. The Labute approximate surface area is 128 Å². The predicted molar refractivity (Wildman–Crippen MR) is 83.2 cm³/mol. The molecule has 0 amide bonds. The number of nitrogens with zero attached hydrogens (tertiary/aromatic N) is 4. The van der Waals surface area contributed by atoms with E-state index in [1.165, 1.54) is 0 Å². The molecule has 2 heterocycles. The highest BCUT2D eigenvalue weighted by Gasteiger charge is 2.08. The minimum absolute atomic E-state index is 0.603. The monoisotopic (exact) mass is 295 g/mol. The second kappa shape index (κ2) is 6.36. The molecule has 0 atom stereocenters. The Kier molecular flexibility index (Phi) is 4.11. The van der Waals surface area contributed by atoms with Crippen LogP contribution >= 0.6 is 0 Å². The number of ether oxygens (including phenoxy) is 1. The second-order valence-corrected chi connectivity index (χ2v) is 4.93. The number of rotatable bonds is 5. The summed E-state index contributed by atoms with van der Waals surface area (Å²) in [7, 11) is 0. The molecule has 2 N–H and O–H groups in total. The van der Waals surface area contributed by atoms with E-state index in [0.29, 0.717) is 18.0 Å². The fraction of sp³-hybridized carbons (Fsp3) is 0.188. The maximum atomic E-state index is 5.93. The first-order valence-electron chi connectivity index (χ1n) is 7.06. The molecule has 6 heteroatoms. The van der Waals surface area contributed by atoms with Crippen molar-refractivity contribution < 1.29 is 4.74 Å². The van der Waals surface area contributed by atoms with Gasteiger partial charge in [-0.15, -0.1) is 0 Å². The van der Waals surface area contributed by atoms with Gasteiger partial charge in [0.05, 0.1) is 18.1 Å². The summed E-state index contributed by atoms with van der Waals surface area (Å²) < 4.78 is 7.72. The Hall–Kier alpha value is -2.73. The highest BCUT2D eigenvalue weighted by molar-refractivity contribution is 5.48. The van der Waals surface area contributed by atoms with E-state index in [1.54, 1.807) is 10.9 Å². The van der Waals surface area contributed by atoms with Crippen LogP contribution in [-0.2, 0) is 6.42 Å². The number of hydrogen-bond donors (Lipinski definition) is 1. The largest absolute Gasteiger partial charge is 0.453 e. The fourth-order valence-electron chi connectivity index (χ4n) is 2.15. The van der Waals surface area contributed by atoms with Crippen molar-refractivity contribution in [1.29, 1.82) is 0 Å². The summed E-state index contributed by atoms with van der Waals surface area (Å²) in [5.41, 5.74) is 8.34. The SMILES string of the molecule is Cc1cc(Oc2ccccc2-n2cc(CCN)cn2)cnn1. The van der Waals surface area contributed by atoms with E-state index in [9.17, 15) is 0 Å². The first kappa shape index (κ1) is 14.2. The van der Waals surface area contributed by atoms with Crippen LogP contribution in [0.2, 0.25) is 0 Å². The van der Waals surface area contributed by atoms with Gasteiger partial charge in [0.1, 0.15) is 11.4 Å². The Morgan fingerprint density at radius 2 is 2.09 bits per heavy atom. The van der Waals surface area contributed by atoms with Gasteiger partial charge < -0.3 is 10.5 Å². The molecule has 3 aromatic rings. The first-order valence-corrected chi connectivity index (χ1v) is 7.06. The fourth-order valence-corrected chi connectivity index (χ4v) is 2.15. The molecule has 0 unspecified atom stereocenters. The topological polar surface area (TPSA) is 78.9 Å². The van der Waals surface area contributed by atoms with E-state index >= 15 is 0 Å². The Morgan fingerprint density at radius 3 is 2.91 bits per heavy atom. The minimum atomic E-state index is 0.603. The van der Waals surface area contributed by atoms with Crippen LogP contribution in [0, 0.1) is 6.92 Å². The lowest BCUT2D eigenvalue weighted by molar-refractivity contribution is 0.473. The molecule has 3 rings (SSSR count). The molecule has 0 radical (unpaired) electrons. The summed E-state index contributed by atoms with van der Waals surface area (Å²) in [6.45, 7) is 2.48. The molecule has 0 bridgehead atoms. The maximum absolute atomic E-state index is 5.93. The van der Waals surface area contributed by atoms with E-state index in [4.69, 9.17) is 10.5 Å². The summed E-state index contributed by atoms with van der Waals surface area (Å²) in [6.07, 6.45) is 6.18. The van der Waals surface area contributed by atoms with Crippen molar-refractivity contribution in [1.82, 2.24) is 20.0 Å². The van der Waals surface area contributed by atoms with Gasteiger partial charge in [-0.25, -0.2) is 4.68 Å². The highest BCUT2D eigenvalue weighted by atomic mass is 16.5. The van der Waals surface area contributed by atoms with Crippen LogP contribution in [0.4, 0.5) is 0 Å². The smallest absolute Gasteiger partial charge is 0.153 e. The molecule has 1 aromatic carbocycles. The van der Waals surface area contributed by atoms with E-state index < -0.39 is 0 Å². The maximum Gasteiger partial charge on any atom is 0.153 e. The molecule has 0 aliphatic carbocycles. The zero-order valence-electron chi connectivity index (χ0n) is 12.3. The van der Waals surface area contributed by atoms with E-state index in [-0.39, 0.29) is 0 Å². The van der Waals surface area contributed by atoms with Crippen molar-refractivity contribution >= 4 is 0 Å². The summed E-state index contributed by atoms with van der Waals surface area (Å²) >= 11 is 0. The van der Waals surface area contributed by atoms with Gasteiger partial charge >= 0.3 is 0 Å². The lowest BCUT2D eigenvalue weighted by atomic mass is 10.2. The van der Waals surface area contributed by atoms with Crippen molar-refractivity contribution in [2.45, 2.75) is 13.3 Å². The summed E-state index contributed by atoms with van der Waals surface area (Å²) in [5.74, 6) is 1.35. The molecule has 6 nitrogen and oxygen atoms in total. The van der Waals surface area contributed by atoms with E-state index in [0.717, 1.165) is 23.4 Å². The Morgan fingerprint density at radius 1 is 1.23 bits per heavy atom. The molecule has 0 aliphatic rings. The van der Waals surface area contributed by atoms with Crippen LogP contribution in [0.1, 0.15) is 11.3 Å². The summed E-state index contributed by atoms with van der Waals surface area (Å²) in [6, 6.07) is 9.56. The molecule has 0 aliphatic heterocycles. The molecule has 112 valence electrons. The third kappa shape index (κ3) is 3.12. The Balaban J connectivity index is 1.92. The number of para-hydroxylation sites is 2. The molecule has 0 fully saturated rings. The zero-order chi connectivity index (χ0) is 15.4. The summed E-state index contributed by atoms with van der Waals surface area (Å²) in [5, 5.41) is 12.2. The predicted octanol–water partition coefficient (Wildman–Crippen LogP) is 2.26. The van der Waals surface area contributed by atoms with Crippen molar-refractivity contribution in [3.8, 4) is 17.2 Å². The number of aryl methyl sites for hydroxylation is 1. The van der Waals surface area contributed by atoms with Gasteiger partial charge in [0.15, 0.2) is 5.75 Å². The molecule has 0 saturated heterocycles. The molecule has 2 aromatic heterocycles. The van der Waals surface area contributed by atoms with Gasteiger partial charge in [0.25, 0.3) is 0 Å². The van der Waals surface area contributed by atoms with Crippen molar-refractivity contribution in [3.63, 3.8) is 0 Å². The van der Waals surface area contributed by atoms with Crippen LogP contribution in [-0.4, -0.2) is 26.5 Å². The van der Waals surface area contributed by atoms with Crippen LogP contribution in [0.25, 0.3) is 5.69 Å². The van der Waals surface area contributed by atoms with Crippen molar-refractivity contribution in [2.24, 2.45) is 5.73 Å². The molecule has 22 heavy (non-hydrogen) atoms. The van der Waals surface area contributed by atoms with Gasteiger partial charge in [-0.3, -0.25) is 0 Å².